The summed E-state index contributed by atoms with van der Waals surface area (Å²) in [5, 5.41) is 15.5. The zero-order valence-electron chi connectivity index (χ0n) is 14.2. The molecular weight excluding hydrogens is 391 g/mol. The SMILES string of the molecule is OC(c1cccc(Cl)c1)(c1ccc2c(cnn2-c2ccccn2)c1)C(F)(F)F. The zero-order valence-corrected chi connectivity index (χ0v) is 15.0. The van der Waals surface area contributed by atoms with Crippen molar-refractivity contribution >= 4 is 22.5 Å². The van der Waals surface area contributed by atoms with Crippen LogP contribution in [0.3, 0.4) is 0 Å². The first kappa shape index (κ1) is 18.5. The van der Waals surface area contributed by atoms with Crippen molar-refractivity contribution < 1.29 is 18.3 Å². The Balaban J connectivity index is 1.89. The van der Waals surface area contributed by atoms with Crippen LogP contribution in [0.4, 0.5) is 13.2 Å². The third-order valence-electron chi connectivity index (χ3n) is 4.50. The lowest BCUT2D eigenvalue weighted by Gasteiger charge is -2.31. The molecule has 0 aliphatic carbocycles. The highest BCUT2D eigenvalue weighted by atomic mass is 35.5. The fraction of sp³-hybridized carbons (Fsp3) is 0.100. The summed E-state index contributed by atoms with van der Waals surface area (Å²) in [5.41, 5.74) is -3.32. The first-order chi connectivity index (χ1) is 13.3. The average molecular weight is 404 g/mol. The van der Waals surface area contributed by atoms with E-state index in [4.69, 9.17) is 11.6 Å². The Morgan fingerprint density at radius 3 is 2.39 bits per heavy atom. The van der Waals surface area contributed by atoms with Crippen molar-refractivity contribution in [3.8, 4) is 5.82 Å². The molecule has 8 heteroatoms. The van der Waals surface area contributed by atoms with Gasteiger partial charge in [0.05, 0.1) is 11.7 Å². The van der Waals surface area contributed by atoms with E-state index in [0.29, 0.717) is 16.7 Å². The molecule has 0 saturated heterocycles. The molecule has 2 heterocycles. The summed E-state index contributed by atoms with van der Waals surface area (Å²) in [6.07, 6.45) is -1.93. The first-order valence-corrected chi connectivity index (χ1v) is 8.63. The quantitative estimate of drug-likeness (QED) is 0.531. The number of alkyl halides is 3. The van der Waals surface area contributed by atoms with E-state index in [-0.39, 0.29) is 16.1 Å². The molecule has 1 unspecified atom stereocenters. The normalized spacial score (nSPS) is 14.2. The van der Waals surface area contributed by atoms with Gasteiger partial charge in [0.25, 0.3) is 0 Å². The van der Waals surface area contributed by atoms with E-state index in [1.165, 1.54) is 47.3 Å². The number of benzene rings is 2. The molecule has 28 heavy (non-hydrogen) atoms. The van der Waals surface area contributed by atoms with Crippen LogP contribution in [0.25, 0.3) is 16.7 Å². The second-order valence-electron chi connectivity index (χ2n) is 6.24. The molecule has 0 saturated carbocycles. The topological polar surface area (TPSA) is 50.9 Å². The second kappa shape index (κ2) is 6.61. The molecule has 4 aromatic rings. The van der Waals surface area contributed by atoms with Crippen LogP contribution in [0.5, 0.6) is 0 Å². The predicted molar refractivity (Wildman–Crippen MR) is 99.4 cm³/mol. The maximum atomic E-state index is 14.0. The van der Waals surface area contributed by atoms with Crippen LogP contribution in [-0.4, -0.2) is 26.0 Å². The summed E-state index contributed by atoms with van der Waals surface area (Å²) in [4.78, 5) is 4.20. The van der Waals surface area contributed by atoms with Gasteiger partial charge in [-0.15, -0.1) is 0 Å². The van der Waals surface area contributed by atoms with E-state index in [9.17, 15) is 18.3 Å². The Bertz CT molecular complexity index is 1140. The van der Waals surface area contributed by atoms with E-state index in [1.807, 2.05) is 0 Å². The predicted octanol–water partition coefficient (Wildman–Crippen LogP) is 4.87. The van der Waals surface area contributed by atoms with Gasteiger partial charge >= 0.3 is 6.18 Å². The van der Waals surface area contributed by atoms with Gasteiger partial charge < -0.3 is 5.11 Å². The zero-order chi connectivity index (χ0) is 19.9. The average Bonchev–Trinajstić information content (AvgIpc) is 3.10. The van der Waals surface area contributed by atoms with Gasteiger partial charge in [0.15, 0.2) is 5.82 Å². The molecule has 0 aliphatic rings. The summed E-state index contributed by atoms with van der Waals surface area (Å²) in [6, 6.07) is 14.4. The molecule has 4 nitrogen and oxygen atoms in total. The van der Waals surface area contributed by atoms with Gasteiger partial charge in [0, 0.05) is 16.6 Å². The molecule has 142 valence electrons. The minimum absolute atomic E-state index is 0.101. The van der Waals surface area contributed by atoms with Gasteiger partial charge in [0.1, 0.15) is 0 Å². The lowest BCUT2D eigenvalue weighted by molar-refractivity contribution is -0.248. The number of hydrogen-bond donors (Lipinski definition) is 1. The first-order valence-electron chi connectivity index (χ1n) is 8.25. The lowest BCUT2D eigenvalue weighted by Crippen LogP contribution is -2.43. The Labute approximate surface area is 162 Å². The minimum atomic E-state index is -4.96. The molecule has 2 aromatic heterocycles. The third kappa shape index (κ3) is 2.93. The van der Waals surface area contributed by atoms with Gasteiger partial charge in [0.2, 0.25) is 5.60 Å². The summed E-state index contributed by atoms with van der Waals surface area (Å²) in [6.45, 7) is 0. The molecular formula is C20H13ClF3N3O. The number of aromatic nitrogens is 3. The lowest BCUT2D eigenvalue weighted by atomic mass is 9.85. The van der Waals surface area contributed by atoms with E-state index < -0.39 is 11.8 Å². The molecule has 1 N–H and O–H groups in total. The van der Waals surface area contributed by atoms with Crippen LogP contribution >= 0.6 is 11.6 Å². The van der Waals surface area contributed by atoms with Crippen molar-refractivity contribution in [1.29, 1.82) is 0 Å². The number of aliphatic hydroxyl groups is 1. The molecule has 0 aliphatic heterocycles. The number of pyridine rings is 1. The number of nitrogens with zero attached hydrogens (tertiary/aromatic N) is 3. The Morgan fingerprint density at radius 1 is 0.929 bits per heavy atom. The van der Waals surface area contributed by atoms with Crippen molar-refractivity contribution in [2.45, 2.75) is 11.8 Å². The number of rotatable bonds is 3. The van der Waals surface area contributed by atoms with Crippen LogP contribution in [0, 0.1) is 0 Å². The largest absolute Gasteiger partial charge is 0.425 e. The van der Waals surface area contributed by atoms with Gasteiger partial charge in [-0.2, -0.15) is 18.3 Å². The highest BCUT2D eigenvalue weighted by Gasteiger charge is 2.56. The molecule has 0 spiro atoms. The molecule has 4 rings (SSSR count). The van der Waals surface area contributed by atoms with E-state index in [2.05, 4.69) is 10.1 Å². The fourth-order valence-electron chi connectivity index (χ4n) is 3.13. The van der Waals surface area contributed by atoms with Gasteiger partial charge in [-0.25, -0.2) is 9.67 Å². The molecule has 0 fully saturated rings. The van der Waals surface area contributed by atoms with E-state index in [1.54, 1.807) is 24.4 Å². The van der Waals surface area contributed by atoms with Crippen LogP contribution in [0.1, 0.15) is 11.1 Å². The standard InChI is InChI=1S/C20H13ClF3N3O/c21-16-5-3-4-14(11-16)19(28,20(22,23)24)15-7-8-17-13(10-15)12-26-27(17)18-6-1-2-9-25-18/h1-12,28H. The molecule has 1 atom stereocenters. The summed E-state index contributed by atoms with van der Waals surface area (Å²) >= 11 is 5.86. The monoisotopic (exact) mass is 403 g/mol. The van der Waals surface area contributed by atoms with Crippen molar-refractivity contribution in [3.05, 3.63) is 89.2 Å². The molecule has 2 aromatic carbocycles. The Kier molecular flexibility index (Phi) is 4.36. The maximum Gasteiger partial charge on any atom is 0.425 e. The summed E-state index contributed by atoms with van der Waals surface area (Å²) in [7, 11) is 0. The van der Waals surface area contributed by atoms with Crippen LogP contribution in [0.2, 0.25) is 5.02 Å². The van der Waals surface area contributed by atoms with Gasteiger partial charge in [-0.1, -0.05) is 35.9 Å². The Morgan fingerprint density at radius 2 is 1.71 bits per heavy atom. The third-order valence-corrected chi connectivity index (χ3v) is 4.74. The minimum Gasteiger partial charge on any atom is -0.372 e. The number of fused-ring (bicyclic) bond motifs is 1. The molecule has 0 amide bonds. The molecule has 0 bridgehead atoms. The number of hydrogen-bond acceptors (Lipinski definition) is 3. The van der Waals surface area contributed by atoms with Crippen molar-refractivity contribution in [2.75, 3.05) is 0 Å². The number of halogens is 4. The van der Waals surface area contributed by atoms with Crippen LogP contribution in [0.15, 0.2) is 73.1 Å². The maximum absolute atomic E-state index is 14.0. The fourth-order valence-corrected chi connectivity index (χ4v) is 3.32. The van der Waals surface area contributed by atoms with Crippen molar-refractivity contribution in [1.82, 2.24) is 14.8 Å². The summed E-state index contributed by atoms with van der Waals surface area (Å²) < 4.78 is 43.4. The van der Waals surface area contributed by atoms with Crippen LogP contribution in [-0.2, 0) is 5.60 Å². The highest BCUT2D eigenvalue weighted by Crippen LogP contribution is 2.45. The van der Waals surface area contributed by atoms with Crippen molar-refractivity contribution in [3.63, 3.8) is 0 Å². The van der Waals surface area contributed by atoms with Crippen LogP contribution < -0.4 is 0 Å². The van der Waals surface area contributed by atoms with Crippen molar-refractivity contribution in [2.24, 2.45) is 0 Å². The summed E-state index contributed by atoms with van der Waals surface area (Å²) in [5.74, 6) is 0.533. The smallest absolute Gasteiger partial charge is 0.372 e. The Hall–Kier alpha value is -2.90. The van der Waals surface area contributed by atoms with E-state index >= 15 is 0 Å². The van der Waals surface area contributed by atoms with Gasteiger partial charge in [-0.3, -0.25) is 0 Å². The van der Waals surface area contributed by atoms with E-state index in [0.717, 1.165) is 6.07 Å². The highest BCUT2D eigenvalue weighted by molar-refractivity contribution is 6.30. The molecule has 0 radical (unpaired) electrons. The van der Waals surface area contributed by atoms with Gasteiger partial charge in [-0.05, 0) is 47.5 Å². The second-order valence-corrected chi connectivity index (χ2v) is 6.67.